The van der Waals surface area contributed by atoms with Crippen molar-refractivity contribution in [2.24, 2.45) is 0 Å². The zero-order chi connectivity index (χ0) is 34.2. The minimum Gasteiger partial charge on any atom is -0.456 e. The lowest BCUT2D eigenvalue weighted by Gasteiger charge is -2.19. The summed E-state index contributed by atoms with van der Waals surface area (Å²) in [6.45, 7) is 8.21. The fraction of sp³-hybridized carbons (Fsp3) is 0. The van der Waals surface area contributed by atoms with E-state index in [1.54, 1.807) is 6.07 Å². The van der Waals surface area contributed by atoms with Crippen LogP contribution in [0.2, 0.25) is 0 Å². The van der Waals surface area contributed by atoms with Gasteiger partial charge < -0.3 is 13.6 Å². The molecule has 0 fully saturated rings. The summed E-state index contributed by atoms with van der Waals surface area (Å²) in [7, 11) is 0. The van der Waals surface area contributed by atoms with Crippen molar-refractivity contribution in [1.82, 2.24) is 9.13 Å². The molecule has 0 spiro atoms. The zero-order valence-electron chi connectivity index (χ0n) is 26.9. The first-order valence-electron chi connectivity index (χ1n) is 16.5. The van der Waals surface area contributed by atoms with Crippen LogP contribution in [0, 0.1) is 29.2 Å². The van der Waals surface area contributed by atoms with Gasteiger partial charge in [0.05, 0.1) is 51.1 Å². The maximum Gasteiger partial charge on any atom is 0.211 e. The number of nitrogens with zero attached hydrogens (tertiary/aromatic N) is 5. The highest BCUT2D eigenvalue weighted by Crippen LogP contribution is 2.46. The molecule has 234 valence electrons. The lowest BCUT2D eigenvalue weighted by atomic mass is 9.94. The fourth-order valence-corrected chi connectivity index (χ4v) is 8.01. The van der Waals surface area contributed by atoms with Crippen molar-refractivity contribution >= 4 is 71.2 Å². The van der Waals surface area contributed by atoms with Gasteiger partial charge in [0.25, 0.3) is 0 Å². The molecule has 0 radical (unpaired) electrons. The van der Waals surface area contributed by atoms with E-state index in [4.69, 9.17) is 11.0 Å². The lowest BCUT2D eigenvalue weighted by molar-refractivity contribution is 0.669. The summed E-state index contributed by atoms with van der Waals surface area (Å²) < 4.78 is 10.5. The van der Waals surface area contributed by atoms with Gasteiger partial charge in [-0.3, -0.25) is 0 Å². The number of benzene rings is 7. The molecule has 7 aromatic carbocycles. The summed E-state index contributed by atoms with van der Waals surface area (Å²) in [5.74, 6) is 0. The summed E-state index contributed by atoms with van der Waals surface area (Å²) in [4.78, 5) is 3.93. The SMILES string of the molecule is [C-]#[N+]c1ccc(-c2cccc(C#N)c2-n2c3ccccc3c3c4c(ccc32)oc2ccccc24)c(C#N)c1-n1c2ccccc2c2ccccc21. The zero-order valence-corrected chi connectivity index (χ0v) is 26.9. The Morgan fingerprint density at radius 2 is 1.12 bits per heavy atom. The predicted octanol–water partition coefficient (Wildman–Crippen LogP) is 11.7. The Morgan fingerprint density at radius 1 is 0.490 bits per heavy atom. The van der Waals surface area contributed by atoms with Gasteiger partial charge in [0.15, 0.2) is 0 Å². The van der Waals surface area contributed by atoms with Gasteiger partial charge in [-0.05, 0) is 42.5 Å². The standard InChI is InChI=1S/C45H23N5O/c1-48-35-22-21-28(34(26-47)45(35)49-36-17-6-2-12-29(36)30-13-3-7-18-37(30)49)31-16-10-11-27(25-46)44(31)50-38-19-8-4-14-32(38)42-39(50)23-24-41-43(42)33-15-5-9-20-40(33)51-41/h2-24H. The first-order valence-corrected chi connectivity index (χ1v) is 16.5. The minimum absolute atomic E-state index is 0.357. The highest BCUT2D eigenvalue weighted by molar-refractivity contribution is 6.27. The molecule has 0 aliphatic rings. The molecular weight excluding hydrogens is 627 g/mol. The normalized spacial score (nSPS) is 11.5. The third-order valence-corrected chi connectivity index (χ3v) is 10.0. The first kappa shape index (κ1) is 28.4. The topological polar surface area (TPSA) is 74.9 Å². The third-order valence-electron chi connectivity index (χ3n) is 10.0. The molecule has 0 N–H and O–H groups in total. The molecule has 0 amide bonds. The van der Waals surface area contributed by atoms with Crippen LogP contribution in [0.15, 0.2) is 144 Å². The van der Waals surface area contributed by atoms with Gasteiger partial charge >= 0.3 is 0 Å². The van der Waals surface area contributed by atoms with E-state index in [2.05, 4.69) is 57.9 Å². The molecule has 0 aliphatic carbocycles. The van der Waals surface area contributed by atoms with Crippen molar-refractivity contribution in [3.63, 3.8) is 0 Å². The van der Waals surface area contributed by atoms with Gasteiger partial charge in [0, 0.05) is 43.4 Å². The van der Waals surface area contributed by atoms with Crippen LogP contribution in [0.4, 0.5) is 5.69 Å². The Hall–Kier alpha value is -7.59. The van der Waals surface area contributed by atoms with Crippen molar-refractivity contribution in [3.05, 3.63) is 162 Å². The smallest absolute Gasteiger partial charge is 0.211 e. The van der Waals surface area contributed by atoms with Crippen LogP contribution in [0.5, 0.6) is 0 Å². The molecule has 0 bridgehead atoms. The molecule has 10 aromatic rings. The van der Waals surface area contributed by atoms with E-state index in [9.17, 15) is 10.5 Å². The van der Waals surface area contributed by atoms with Crippen molar-refractivity contribution in [2.45, 2.75) is 0 Å². The van der Waals surface area contributed by atoms with Crippen LogP contribution in [0.1, 0.15) is 11.1 Å². The Labute approximate surface area is 291 Å². The molecule has 51 heavy (non-hydrogen) atoms. The van der Waals surface area contributed by atoms with Gasteiger partial charge in [-0.25, -0.2) is 4.85 Å². The molecular formula is C45H23N5O. The summed E-state index contributed by atoms with van der Waals surface area (Å²) in [6.07, 6.45) is 0. The summed E-state index contributed by atoms with van der Waals surface area (Å²) in [5.41, 5.74) is 8.96. The Morgan fingerprint density at radius 3 is 1.80 bits per heavy atom. The molecule has 6 heteroatoms. The van der Waals surface area contributed by atoms with E-state index < -0.39 is 0 Å². The highest BCUT2D eigenvalue weighted by Gasteiger charge is 2.26. The van der Waals surface area contributed by atoms with Crippen LogP contribution < -0.4 is 0 Å². The number of aromatic nitrogens is 2. The largest absolute Gasteiger partial charge is 0.456 e. The monoisotopic (exact) mass is 649 g/mol. The molecule has 3 heterocycles. The van der Waals surface area contributed by atoms with Crippen molar-refractivity contribution in [2.75, 3.05) is 0 Å². The minimum atomic E-state index is 0.357. The second-order valence-corrected chi connectivity index (χ2v) is 12.5. The average Bonchev–Trinajstić information content (AvgIpc) is 3.84. The summed E-state index contributed by atoms with van der Waals surface area (Å²) in [6, 6.07) is 50.7. The molecule has 0 saturated heterocycles. The van der Waals surface area contributed by atoms with E-state index >= 15 is 0 Å². The molecule has 0 aliphatic heterocycles. The van der Waals surface area contributed by atoms with Gasteiger partial charge in [0.2, 0.25) is 5.69 Å². The van der Waals surface area contributed by atoms with Crippen LogP contribution in [-0.2, 0) is 0 Å². The van der Waals surface area contributed by atoms with Gasteiger partial charge in [-0.2, -0.15) is 10.5 Å². The number of fused-ring (bicyclic) bond motifs is 10. The molecule has 10 rings (SSSR count). The first-order chi connectivity index (χ1) is 25.2. The highest BCUT2D eigenvalue weighted by atomic mass is 16.3. The summed E-state index contributed by atoms with van der Waals surface area (Å²) in [5, 5.41) is 27.9. The molecule has 0 atom stereocenters. The summed E-state index contributed by atoms with van der Waals surface area (Å²) >= 11 is 0. The quantitative estimate of drug-likeness (QED) is 0.179. The maximum atomic E-state index is 11.1. The van der Waals surface area contributed by atoms with Crippen LogP contribution >= 0.6 is 0 Å². The van der Waals surface area contributed by atoms with Crippen molar-refractivity contribution in [3.8, 4) is 34.6 Å². The van der Waals surface area contributed by atoms with Crippen LogP contribution in [0.3, 0.4) is 0 Å². The van der Waals surface area contributed by atoms with E-state index in [-0.39, 0.29) is 0 Å². The number of hydrogen-bond acceptors (Lipinski definition) is 3. The van der Waals surface area contributed by atoms with E-state index in [1.807, 2.05) is 102 Å². The van der Waals surface area contributed by atoms with E-state index in [1.165, 1.54) is 0 Å². The van der Waals surface area contributed by atoms with Gasteiger partial charge in [-0.15, -0.1) is 0 Å². The second-order valence-electron chi connectivity index (χ2n) is 12.5. The number of furan rings is 1. The van der Waals surface area contributed by atoms with E-state index in [0.717, 1.165) is 65.6 Å². The van der Waals surface area contributed by atoms with Crippen LogP contribution in [0.25, 0.3) is 92.9 Å². The van der Waals surface area contributed by atoms with Gasteiger partial charge in [0.1, 0.15) is 23.3 Å². The molecule has 3 aromatic heterocycles. The third kappa shape index (κ3) is 3.83. The Bertz CT molecular complexity index is 3190. The predicted molar refractivity (Wildman–Crippen MR) is 204 cm³/mol. The van der Waals surface area contributed by atoms with E-state index in [0.29, 0.717) is 39.3 Å². The lowest BCUT2D eigenvalue weighted by Crippen LogP contribution is -2.04. The molecule has 6 nitrogen and oxygen atoms in total. The number of nitriles is 2. The van der Waals surface area contributed by atoms with Crippen molar-refractivity contribution < 1.29 is 4.42 Å². The maximum absolute atomic E-state index is 11.1. The average molecular weight is 650 g/mol. The number of para-hydroxylation sites is 5. The van der Waals surface area contributed by atoms with Crippen molar-refractivity contribution in [1.29, 1.82) is 10.5 Å². The number of rotatable bonds is 3. The van der Waals surface area contributed by atoms with Gasteiger partial charge in [-0.1, -0.05) is 97.1 Å². The molecule has 0 unspecified atom stereocenters. The Balaban J connectivity index is 1.35. The number of hydrogen-bond donors (Lipinski definition) is 0. The van der Waals surface area contributed by atoms with Crippen LogP contribution in [-0.4, -0.2) is 9.13 Å². The second kappa shape index (κ2) is 10.7. The Kier molecular flexibility index (Phi) is 5.97. The fourth-order valence-electron chi connectivity index (χ4n) is 8.01. The molecule has 0 saturated carbocycles.